The van der Waals surface area contributed by atoms with E-state index in [9.17, 15) is 4.79 Å². The molecule has 0 atom stereocenters. The van der Waals surface area contributed by atoms with Gasteiger partial charge in [-0.05, 0) is 29.6 Å². The van der Waals surface area contributed by atoms with Gasteiger partial charge in [-0.2, -0.15) is 5.10 Å². The minimum Gasteiger partial charge on any atom is -0.353 e. The van der Waals surface area contributed by atoms with Crippen LogP contribution >= 0.6 is 11.3 Å². The third-order valence-corrected chi connectivity index (χ3v) is 5.31. The molecular weight excluding hydrogens is 334 g/mol. The molecule has 1 saturated heterocycles. The number of hydrogen-bond donors (Lipinski definition) is 0. The molecule has 0 spiro atoms. The van der Waals surface area contributed by atoms with Gasteiger partial charge in [-0.15, -0.1) is 11.3 Å². The van der Waals surface area contributed by atoms with Gasteiger partial charge in [-0.3, -0.25) is 9.48 Å². The highest BCUT2D eigenvalue weighted by molar-refractivity contribution is 7.13. The monoisotopic (exact) mass is 353 g/mol. The number of aryl methyl sites for hydroxylation is 1. The first-order valence-electron chi connectivity index (χ1n) is 8.25. The maximum Gasteiger partial charge on any atom is 0.272 e. The van der Waals surface area contributed by atoms with E-state index in [-0.39, 0.29) is 5.91 Å². The van der Waals surface area contributed by atoms with Crippen molar-refractivity contribution in [2.75, 3.05) is 31.1 Å². The normalized spacial score (nSPS) is 14.8. The van der Waals surface area contributed by atoms with E-state index < -0.39 is 0 Å². The summed E-state index contributed by atoms with van der Waals surface area (Å²) in [7, 11) is 1.83. The summed E-state index contributed by atoms with van der Waals surface area (Å²) in [6.07, 6.45) is 1.80. The molecule has 3 aromatic heterocycles. The van der Waals surface area contributed by atoms with E-state index >= 15 is 0 Å². The molecule has 0 aliphatic carbocycles. The van der Waals surface area contributed by atoms with Gasteiger partial charge in [-0.1, -0.05) is 12.1 Å². The maximum atomic E-state index is 12.9. The average molecular weight is 353 g/mol. The first kappa shape index (κ1) is 15.8. The van der Waals surface area contributed by atoms with Crippen molar-refractivity contribution < 1.29 is 4.79 Å². The molecule has 128 valence electrons. The fourth-order valence-corrected chi connectivity index (χ4v) is 3.73. The van der Waals surface area contributed by atoms with Gasteiger partial charge in [0.05, 0.1) is 4.88 Å². The number of carbonyl (C=O) groups excluding carboxylic acids is 1. The Morgan fingerprint density at radius 2 is 1.96 bits per heavy atom. The molecule has 7 heteroatoms. The quantitative estimate of drug-likeness (QED) is 0.726. The predicted molar refractivity (Wildman–Crippen MR) is 98.9 cm³/mol. The van der Waals surface area contributed by atoms with E-state index in [4.69, 9.17) is 0 Å². The number of nitrogens with zero attached hydrogens (tertiary/aromatic N) is 5. The molecule has 6 nitrogen and oxygen atoms in total. The maximum absolute atomic E-state index is 12.9. The number of thiophene rings is 1. The van der Waals surface area contributed by atoms with Crippen LogP contribution in [0.25, 0.3) is 10.6 Å². The molecule has 1 fully saturated rings. The van der Waals surface area contributed by atoms with Gasteiger partial charge in [0.25, 0.3) is 5.91 Å². The Hall–Kier alpha value is -2.67. The van der Waals surface area contributed by atoms with Crippen LogP contribution in [0, 0.1) is 0 Å². The van der Waals surface area contributed by atoms with Gasteiger partial charge in [0.1, 0.15) is 17.2 Å². The average Bonchev–Trinajstić information content (AvgIpc) is 3.32. The van der Waals surface area contributed by atoms with Gasteiger partial charge >= 0.3 is 0 Å². The topological polar surface area (TPSA) is 54.3 Å². The Labute approximate surface area is 150 Å². The van der Waals surface area contributed by atoms with Gasteiger partial charge in [0.2, 0.25) is 0 Å². The van der Waals surface area contributed by atoms with Crippen LogP contribution in [-0.2, 0) is 7.05 Å². The van der Waals surface area contributed by atoms with Crippen LogP contribution in [-0.4, -0.2) is 51.8 Å². The SMILES string of the molecule is Cn1nc(-c2cccs2)cc1C(=O)N1CCN(c2ccccn2)CC1. The number of rotatable bonds is 3. The largest absolute Gasteiger partial charge is 0.353 e. The van der Waals surface area contributed by atoms with E-state index in [1.165, 1.54) is 0 Å². The lowest BCUT2D eigenvalue weighted by Crippen LogP contribution is -2.49. The van der Waals surface area contributed by atoms with Crippen molar-refractivity contribution in [3.8, 4) is 10.6 Å². The van der Waals surface area contributed by atoms with Crippen molar-refractivity contribution >= 4 is 23.1 Å². The van der Waals surface area contributed by atoms with E-state index in [0.29, 0.717) is 18.8 Å². The second kappa shape index (κ2) is 6.68. The zero-order valence-corrected chi connectivity index (χ0v) is 14.8. The van der Waals surface area contributed by atoms with Crippen LogP contribution in [0.5, 0.6) is 0 Å². The summed E-state index contributed by atoms with van der Waals surface area (Å²) >= 11 is 1.63. The van der Waals surface area contributed by atoms with Crippen molar-refractivity contribution in [1.29, 1.82) is 0 Å². The number of anilines is 1. The molecule has 4 heterocycles. The number of amides is 1. The molecule has 25 heavy (non-hydrogen) atoms. The predicted octanol–water partition coefficient (Wildman–Crippen LogP) is 2.51. The summed E-state index contributed by atoms with van der Waals surface area (Å²) in [4.78, 5) is 22.5. The van der Waals surface area contributed by atoms with Crippen molar-refractivity contribution in [2.24, 2.45) is 7.05 Å². The van der Waals surface area contributed by atoms with Crippen LogP contribution in [0.3, 0.4) is 0 Å². The Balaban J connectivity index is 1.46. The lowest BCUT2D eigenvalue weighted by molar-refractivity contribution is 0.0735. The number of carbonyl (C=O) groups is 1. The molecule has 0 saturated carbocycles. The van der Waals surface area contributed by atoms with Gasteiger partial charge in [0.15, 0.2) is 0 Å². The lowest BCUT2D eigenvalue weighted by Gasteiger charge is -2.35. The third kappa shape index (κ3) is 3.15. The highest BCUT2D eigenvalue weighted by atomic mass is 32.1. The second-order valence-electron chi connectivity index (χ2n) is 5.98. The summed E-state index contributed by atoms with van der Waals surface area (Å²) in [6.45, 7) is 2.96. The zero-order valence-electron chi connectivity index (χ0n) is 14.0. The Morgan fingerprint density at radius 1 is 1.12 bits per heavy atom. The lowest BCUT2D eigenvalue weighted by atomic mass is 10.2. The molecular formula is C18H19N5OS. The third-order valence-electron chi connectivity index (χ3n) is 4.41. The summed E-state index contributed by atoms with van der Waals surface area (Å²) in [6, 6.07) is 11.8. The van der Waals surface area contributed by atoms with Crippen molar-refractivity contribution in [1.82, 2.24) is 19.7 Å². The Kier molecular flexibility index (Phi) is 4.23. The molecule has 3 aromatic rings. The van der Waals surface area contributed by atoms with Crippen LogP contribution < -0.4 is 4.90 Å². The molecule has 0 bridgehead atoms. The number of piperazine rings is 1. The summed E-state index contributed by atoms with van der Waals surface area (Å²) < 4.78 is 1.68. The minimum absolute atomic E-state index is 0.0403. The standard InChI is InChI=1S/C18H19N5OS/c1-21-15(13-14(20-21)16-5-4-12-25-16)18(24)23-10-8-22(9-11-23)17-6-2-3-7-19-17/h2-7,12-13H,8-11H2,1H3. The molecule has 0 radical (unpaired) electrons. The molecule has 1 amide bonds. The van der Waals surface area contributed by atoms with Crippen LogP contribution in [0.4, 0.5) is 5.82 Å². The molecule has 1 aliphatic rings. The molecule has 1 aliphatic heterocycles. The van der Waals surface area contributed by atoms with Crippen molar-refractivity contribution in [3.63, 3.8) is 0 Å². The second-order valence-corrected chi connectivity index (χ2v) is 6.93. The minimum atomic E-state index is 0.0403. The van der Waals surface area contributed by atoms with Crippen LogP contribution in [0.2, 0.25) is 0 Å². The van der Waals surface area contributed by atoms with Crippen molar-refractivity contribution in [3.05, 3.63) is 53.7 Å². The van der Waals surface area contributed by atoms with Crippen molar-refractivity contribution in [2.45, 2.75) is 0 Å². The molecule has 0 unspecified atom stereocenters. The number of hydrogen-bond acceptors (Lipinski definition) is 5. The Bertz CT molecular complexity index is 851. The fraction of sp³-hybridized carbons (Fsp3) is 0.278. The Morgan fingerprint density at radius 3 is 2.64 bits per heavy atom. The van der Waals surface area contributed by atoms with Crippen LogP contribution in [0.15, 0.2) is 48.0 Å². The van der Waals surface area contributed by atoms with Gasteiger partial charge in [-0.25, -0.2) is 4.98 Å². The molecule has 0 N–H and O–H groups in total. The highest BCUT2D eigenvalue weighted by Crippen LogP contribution is 2.24. The van der Waals surface area contributed by atoms with E-state index in [2.05, 4.69) is 15.0 Å². The van der Waals surface area contributed by atoms with Gasteiger partial charge in [0, 0.05) is 39.4 Å². The van der Waals surface area contributed by atoms with E-state index in [0.717, 1.165) is 29.5 Å². The van der Waals surface area contributed by atoms with Crippen LogP contribution in [0.1, 0.15) is 10.5 Å². The fourth-order valence-electron chi connectivity index (χ4n) is 3.05. The first-order chi connectivity index (χ1) is 12.2. The van der Waals surface area contributed by atoms with E-state index in [1.54, 1.807) is 22.2 Å². The summed E-state index contributed by atoms with van der Waals surface area (Å²) in [5.41, 5.74) is 1.49. The first-order valence-corrected chi connectivity index (χ1v) is 9.13. The highest BCUT2D eigenvalue weighted by Gasteiger charge is 2.25. The molecule has 4 rings (SSSR count). The number of aromatic nitrogens is 3. The van der Waals surface area contributed by atoms with E-state index in [1.807, 2.05) is 53.7 Å². The smallest absolute Gasteiger partial charge is 0.272 e. The summed E-state index contributed by atoms with van der Waals surface area (Å²) in [5, 5.41) is 6.51. The number of pyridine rings is 1. The molecule has 0 aromatic carbocycles. The van der Waals surface area contributed by atoms with Gasteiger partial charge < -0.3 is 9.80 Å². The zero-order chi connectivity index (χ0) is 17.2. The summed E-state index contributed by atoms with van der Waals surface area (Å²) in [5.74, 6) is 1.01.